The number of nitrogens with zero attached hydrogens (tertiary/aromatic N) is 1. The molecule has 2 aromatic rings. The SMILES string of the molecule is CCCCC(Br)C(=O)Nc1nc2ccc(Br)cc2s1. The van der Waals surface area contributed by atoms with Gasteiger partial charge in [-0.2, -0.15) is 0 Å². The van der Waals surface area contributed by atoms with Crippen LogP contribution in [0.15, 0.2) is 22.7 Å². The lowest BCUT2D eigenvalue weighted by molar-refractivity contribution is -0.115. The summed E-state index contributed by atoms with van der Waals surface area (Å²) in [7, 11) is 0. The summed E-state index contributed by atoms with van der Waals surface area (Å²) in [5, 5.41) is 3.52. The average Bonchev–Trinajstić information content (AvgIpc) is 2.77. The van der Waals surface area contributed by atoms with Gasteiger partial charge in [0.25, 0.3) is 0 Å². The van der Waals surface area contributed by atoms with E-state index in [9.17, 15) is 4.79 Å². The van der Waals surface area contributed by atoms with Crippen LogP contribution in [0.5, 0.6) is 0 Å². The van der Waals surface area contributed by atoms with Gasteiger partial charge in [-0.05, 0) is 24.6 Å². The number of anilines is 1. The Bertz CT molecular complexity index is 585. The second kappa shape index (κ2) is 6.81. The molecule has 3 nitrogen and oxygen atoms in total. The molecule has 0 spiro atoms. The van der Waals surface area contributed by atoms with Gasteiger partial charge in [-0.1, -0.05) is 63.0 Å². The first kappa shape index (κ1) is 14.9. The lowest BCUT2D eigenvalue weighted by atomic mass is 10.2. The third-order valence-corrected chi connectivity index (χ3v) is 4.98. The van der Waals surface area contributed by atoms with Gasteiger partial charge in [0.15, 0.2) is 5.13 Å². The molecule has 0 bridgehead atoms. The number of nitrogens with one attached hydrogen (secondary N) is 1. The van der Waals surface area contributed by atoms with Crippen LogP contribution in [0.25, 0.3) is 10.2 Å². The quantitative estimate of drug-likeness (QED) is 0.715. The molecule has 19 heavy (non-hydrogen) atoms. The molecule has 1 amide bonds. The van der Waals surface area contributed by atoms with E-state index in [4.69, 9.17) is 0 Å². The molecule has 1 N–H and O–H groups in total. The molecule has 0 aliphatic carbocycles. The molecule has 1 aromatic heterocycles. The van der Waals surface area contributed by atoms with Gasteiger partial charge in [0.1, 0.15) is 0 Å². The summed E-state index contributed by atoms with van der Waals surface area (Å²) in [4.78, 5) is 16.2. The van der Waals surface area contributed by atoms with E-state index >= 15 is 0 Å². The number of fused-ring (bicyclic) bond motifs is 1. The number of hydrogen-bond donors (Lipinski definition) is 1. The fourth-order valence-electron chi connectivity index (χ4n) is 1.65. The maximum atomic E-state index is 12.0. The largest absolute Gasteiger partial charge is 0.301 e. The molecule has 2 rings (SSSR count). The van der Waals surface area contributed by atoms with Crippen molar-refractivity contribution < 1.29 is 4.79 Å². The number of thiazole rings is 1. The number of aromatic nitrogens is 1. The van der Waals surface area contributed by atoms with Crippen molar-refractivity contribution in [1.29, 1.82) is 0 Å². The van der Waals surface area contributed by atoms with Crippen molar-refractivity contribution >= 4 is 64.5 Å². The predicted molar refractivity (Wildman–Crippen MR) is 88.2 cm³/mol. The van der Waals surface area contributed by atoms with Gasteiger partial charge in [-0.3, -0.25) is 4.79 Å². The van der Waals surface area contributed by atoms with Crippen molar-refractivity contribution in [2.24, 2.45) is 0 Å². The summed E-state index contributed by atoms with van der Waals surface area (Å²) in [5.74, 6) is -0.0217. The molecule has 1 heterocycles. The zero-order chi connectivity index (χ0) is 13.8. The third-order valence-electron chi connectivity index (χ3n) is 2.68. The Hall–Kier alpha value is -0.460. The van der Waals surface area contributed by atoms with E-state index in [1.807, 2.05) is 18.2 Å². The maximum absolute atomic E-state index is 12.0. The molecule has 1 unspecified atom stereocenters. The zero-order valence-electron chi connectivity index (χ0n) is 10.5. The predicted octanol–water partition coefficient (Wildman–Crippen LogP) is 4.95. The van der Waals surface area contributed by atoms with E-state index in [0.29, 0.717) is 5.13 Å². The van der Waals surface area contributed by atoms with E-state index in [-0.39, 0.29) is 10.7 Å². The summed E-state index contributed by atoms with van der Waals surface area (Å²) in [5.41, 5.74) is 0.906. The maximum Gasteiger partial charge on any atom is 0.239 e. The standard InChI is InChI=1S/C13H14Br2N2OS/c1-2-3-4-9(15)12(18)17-13-16-10-6-5-8(14)7-11(10)19-13/h5-7,9H,2-4H2,1H3,(H,16,17,18). The minimum Gasteiger partial charge on any atom is -0.301 e. The summed E-state index contributed by atoms with van der Waals surface area (Å²) in [6.07, 6.45) is 2.97. The molecule has 0 fully saturated rings. The number of rotatable bonds is 5. The normalized spacial score (nSPS) is 12.6. The van der Waals surface area contributed by atoms with Crippen LogP contribution in [0.2, 0.25) is 0 Å². The Morgan fingerprint density at radius 3 is 3.05 bits per heavy atom. The average molecular weight is 406 g/mol. The topological polar surface area (TPSA) is 42.0 Å². The number of carbonyl (C=O) groups is 1. The highest BCUT2D eigenvalue weighted by molar-refractivity contribution is 9.10. The molecule has 6 heteroatoms. The van der Waals surface area contributed by atoms with E-state index in [1.54, 1.807) is 0 Å². The molecule has 102 valence electrons. The molecule has 0 radical (unpaired) electrons. The highest BCUT2D eigenvalue weighted by Crippen LogP contribution is 2.28. The Labute approximate surface area is 133 Å². The second-order valence-corrected chi connectivity index (χ2v) is 7.28. The van der Waals surface area contributed by atoms with Gasteiger partial charge < -0.3 is 5.32 Å². The first-order valence-corrected chi connectivity index (χ1v) is 8.63. The van der Waals surface area contributed by atoms with Gasteiger partial charge in [0, 0.05) is 4.47 Å². The Morgan fingerprint density at radius 1 is 1.53 bits per heavy atom. The second-order valence-electron chi connectivity index (χ2n) is 4.23. The Balaban J connectivity index is 2.06. The molecule has 1 atom stereocenters. The number of halogens is 2. The van der Waals surface area contributed by atoms with Gasteiger partial charge >= 0.3 is 0 Å². The number of alkyl halides is 1. The Kier molecular flexibility index (Phi) is 5.36. The smallest absolute Gasteiger partial charge is 0.239 e. The van der Waals surface area contributed by atoms with E-state index in [0.717, 1.165) is 34.0 Å². The zero-order valence-corrected chi connectivity index (χ0v) is 14.4. The lowest BCUT2D eigenvalue weighted by Crippen LogP contribution is -2.22. The van der Waals surface area contributed by atoms with Crippen LogP contribution in [0.4, 0.5) is 5.13 Å². The van der Waals surface area contributed by atoms with Crippen molar-refractivity contribution in [2.75, 3.05) is 5.32 Å². The minimum absolute atomic E-state index is 0.0217. The van der Waals surface area contributed by atoms with Gasteiger partial charge in [-0.15, -0.1) is 0 Å². The van der Waals surface area contributed by atoms with Crippen LogP contribution in [0, 0.1) is 0 Å². The van der Waals surface area contributed by atoms with Crippen LogP contribution in [0.3, 0.4) is 0 Å². The number of unbranched alkanes of at least 4 members (excludes halogenated alkanes) is 1. The Morgan fingerprint density at radius 2 is 2.32 bits per heavy atom. The highest BCUT2D eigenvalue weighted by Gasteiger charge is 2.16. The fraction of sp³-hybridized carbons (Fsp3) is 0.385. The van der Waals surface area contributed by atoms with E-state index in [2.05, 4.69) is 49.1 Å². The summed E-state index contributed by atoms with van der Waals surface area (Å²) in [6, 6.07) is 5.89. The molecule has 0 aliphatic heterocycles. The number of carbonyl (C=O) groups excluding carboxylic acids is 1. The van der Waals surface area contributed by atoms with Gasteiger partial charge in [0.05, 0.1) is 15.0 Å². The number of benzene rings is 1. The first-order valence-electron chi connectivity index (χ1n) is 6.11. The summed E-state index contributed by atoms with van der Waals surface area (Å²) < 4.78 is 2.08. The third kappa shape index (κ3) is 4.00. The van der Waals surface area contributed by atoms with Gasteiger partial charge in [-0.25, -0.2) is 4.98 Å². The van der Waals surface area contributed by atoms with Crippen LogP contribution in [-0.2, 0) is 4.79 Å². The van der Waals surface area contributed by atoms with Crippen molar-refractivity contribution in [2.45, 2.75) is 31.0 Å². The van der Waals surface area contributed by atoms with Crippen LogP contribution < -0.4 is 5.32 Å². The molecule has 0 saturated heterocycles. The van der Waals surface area contributed by atoms with Crippen molar-refractivity contribution in [3.8, 4) is 0 Å². The summed E-state index contributed by atoms with van der Waals surface area (Å²) in [6.45, 7) is 2.11. The number of hydrogen-bond acceptors (Lipinski definition) is 3. The van der Waals surface area contributed by atoms with E-state index in [1.165, 1.54) is 11.3 Å². The van der Waals surface area contributed by atoms with Crippen LogP contribution in [0.1, 0.15) is 26.2 Å². The molecular weight excluding hydrogens is 392 g/mol. The molecule has 0 saturated carbocycles. The van der Waals surface area contributed by atoms with E-state index < -0.39 is 0 Å². The lowest BCUT2D eigenvalue weighted by Gasteiger charge is -2.07. The fourth-order valence-corrected chi connectivity index (χ4v) is 3.51. The first-order chi connectivity index (χ1) is 9.10. The summed E-state index contributed by atoms with van der Waals surface area (Å²) >= 11 is 8.33. The molecule has 1 aromatic carbocycles. The van der Waals surface area contributed by atoms with Crippen molar-refractivity contribution in [1.82, 2.24) is 4.98 Å². The number of amides is 1. The van der Waals surface area contributed by atoms with Crippen LogP contribution in [-0.4, -0.2) is 15.7 Å². The highest BCUT2D eigenvalue weighted by atomic mass is 79.9. The van der Waals surface area contributed by atoms with Crippen molar-refractivity contribution in [3.05, 3.63) is 22.7 Å². The monoisotopic (exact) mass is 404 g/mol. The molecule has 0 aliphatic rings. The van der Waals surface area contributed by atoms with Crippen molar-refractivity contribution in [3.63, 3.8) is 0 Å². The van der Waals surface area contributed by atoms with Crippen LogP contribution >= 0.6 is 43.2 Å². The minimum atomic E-state index is -0.147. The molecular formula is C13H14Br2N2OS. The van der Waals surface area contributed by atoms with Gasteiger partial charge in [0.2, 0.25) is 5.91 Å².